The SMILES string of the molecule is CCOC(=O)c1c(-c2cc3ccccc3nc2N2CCCC(F)(F)CC2)[nH]c(C)c([C@H](C)C(=O)OC)c1=O. The van der Waals surface area contributed by atoms with Crippen molar-refractivity contribution in [1.29, 1.82) is 0 Å². The van der Waals surface area contributed by atoms with Crippen LogP contribution in [0, 0.1) is 6.92 Å². The molecule has 0 saturated carbocycles. The van der Waals surface area contributed by atoms with E-state index in [4.69, 9.17) is 14.5 Å². The normalized spacial score (nSPS) is 16.1. The molecule has 0 radical (unpaired) electrons. The predicted molar refractivity (Wildman–Crippen MR) is 140 cm³/mol. The Morgan fingerprint density at radius 3 is 2.66 bits per heavy atom. The molecule has 1 aliphatic rings. The Morgan fingerprint density at radius 1 is 1.21 bits per heavy atom. The number of hydrogen-bond acceptors (Lipinski definition) is 7. The van der Waals surface area contributed by atoms with Gasteiger partial charge in [-0.3, -0.25) is 9.59 Å². The van der Waals surface area contributed by atoms with Crippen LogP contribution in [0.15, 0.2) is 35.1 Å². The van der Waals surface area contributed by atoms with E-state index in [1.165, 1.54) is 14.0 Å². The number of halogens is 2. The number of aryl methyl sites for hydroxylation is 1. The van der Waals surface area contributed by atoms with Gasteiger partial charge in [-0.15, -0.1) is 0 Å². The monoisotopic (exact) mass is 527 g/mol. The maximum atomic E-state index is 14.2. The quantitative estimate of drug-likeness (QED) is 0.451. The molecule has 0 bridgehead atoms. The molecule has 1 aromatic carbocycles. The first kappa shape index (κ1) is 27.2. The third-order valence-electron chi connectivity index (χ3n) is 6.90. The minimum Gasteiger partial charge on any atom is -0.469 e. The number of nitrogens with zero attached hydrogens (tertiary/aromatic N) is 2. The summed E-state index contributed by atoms with van der Waals surface area (Å²) in [5.74, 6) is -4.81. The number of anilines is 1. The van der Waals surface area contributed by atoms with Crippen molar-refractivity contribution in [1.82, 2.24) is 9.97 Å². The van der Waals surface area contributed by atoms with E-state index < -0.39 is 29.2 Å². The first-order valence-corrected chi connectivity index (χ1v) is 12.6. The zero-order chi connectivity index (χ0) is 27.6. The lowest BCUT2D eigenvalue weighted by atomic mass is 9.94. The minimum atomic E-state index is -2.78. The fraction of sp³-hybridized carbons (Fsp3) is 0.429. The van der Waals surface area contributed by atoms with Crippen LogP contribution in [0.2, 0.25) is 0 Å². The van der Waals surface area contributed by atoms with Crippen molar-refractivity contribution in [3.05, 3.63) is 57.4 Å². The highest BCUT2D eigenvalue weighted by Crippen LogP contribution is 2.37. The van der Waals surface area contributed by atoms with Crippen molar-refractivity contribution in [2.75, 3.05) is 31.7 Å². The second kappa shape index (κ2) is 10.9. The van der Waals surface area contributed by atoms with Gasteiger partial charge in [0.1, 0.15) is 11.4 Å². The maximum Gasteiger partial charge on any atom is 0.344 e. The van der Waals surface area contributed by atoms with Gasteiger partial charge in [0.15, 0.2) is 0 Å². The molecule has 1 saturated heterocycles. The Bertz CT molecular complexity index is 1440. The number of benzene rings is 1. The fourth-order valence-electron chi connectivity index (χ4n) is 4.96. The molecule has 3 aromatic rings. The average molecular weight is 528 g/mol. The molecule has 0 aliphatic carbocycles. The molecule has 1 N–H and O–H groups in total. The number of alkyl halides is 2. The van der Waals surface area contributed by atoms with Crippen molar-refractivity contribution >= 4 is 28.7 Å². The molecule has 1 aliphatic heterocycles. The van der Waals surface area contributed by atoms with E-state index in [2.05, 4.69) is 4.98 Å². The number of pyridine rings is 2. The van der Waals surface area contributed by atoms with Crippen LogP contribution in [0.3, 0.4) is 0 Å². The van der Waals surface area contributed by atoms with Gasteiger partial charge in [-0.25, -0.2) is 18.6 Å². The largest absolute Gasteiger partial charge is 0.469 e. The Morgan fingerprint density at radius 2 is 1.95 bits per heavy atom. The Kier molecular flexibility index (Phi) is 7.80. The van der Waals surface area contributed by atoms with E-state index in [0.717, 1.165) is 5.39 Å². The molecule has 3 heterocycles. The number of para-hydroxylation sites is 1. The topological polar surface area (TPSA) is 102 Å². The van der Waals surface area contributed by atoms with E-state index in [-0.39, 0.29) is 49.2 Å². The van der Waals surface area contributed by atoms with Gasteiger partial charge >= 0.3 is 11.9 Å². The van der Waals surface area contributed by atoms with Crippen molar-refractivity contribution in [3.63, 3.8) is 0 Å². The number of methoxy groups -OCH3 is 1. The van der Waals surface area contributed by atoms with Crippen LogP contribution in [0.1, 0.15) is 60.6 Å². The van der Waals surface area contributed by atoms with E-state index >= 15 is 0 Å². The molecule has 202 valence electrons. The summed E-state index contributed by atoms with van der Waals surface area (Å²) in [6.07, 6.45) is -0.301. The summed E-state index contributed by atoms with van der Waals surface area (Å²) in [5.41, 5.74) is 0.752. The number of hydrogen-bond donors (Lipinski definition) is 1. The van der Waals surface area contributed by atoms with Crippen LogP contribution in [-0.4, -0.2) is 54.6 Å². The summed E-state index contributed by atoms with van der Waals surface area (Å²) in [7, 11) is 1.22. The van der Waals surface area contributed by atoms with Crippen LogP contribution >= 0.6 is 0 Å². The number of nitrogens with one attached hydrogen (secondary N) is 1. The van der Waals surface area contributed by atoms with Crippen LogP contribution in [0.25, 0.3) is 22.2 Å². The molecule has 2 aromatic heterocycles. The van der Waals surface area contributed by atoms with Crippen LogP contribution in [0.5, 0.6) is 0 Å². The van der Waals surface area contributed by atoms with Crippen molar-refractivity contribution in [2.45, 2.75) is 51.9 Å². The molecule has 0 unspecified atom stereocenters. The highest BCUT2D eigenvalue weighted by atomic mass is 19.3. The van der Waals surface area contributed by atoms with E-state index in [1.807, 2.05) is 24.3 Å². The maximum absolute atomic E-state index is 14.2. The van der Waals surface area contributed by atoms with E-state index in [9.17, 15) is 23.2 Å². The number of H-pyrrole nitrogens is 1. The standard InChI is InChI=1S/C28H31F2N3O5/c1-5-38-27(36)22-23(31-17(3)21(24(22)34)16(2)26(35)37-4)19-15-18-9-6-7-10-20(18)32-25(19)33-13-8-11-28(29,30)12-14-33/h6-7,9-10,15-16H,5,8,11-14H2,1-4H3,(H,31,34)/t16-/m0/s1. The number of aromatic nitrogens is 2. The van der Waals surface area contributed by atoms with Crippen LogP contribution in [-0.2, 0) is 14.3 Å². The lowest BCUT2D eigenvalue weighted by Gasteiger charge is -2.26. The Hall–Kier alpha value is -3.82. The zero-order valence-corrected chi connectivity index (χ0v) is 21.9. The predicted octanol–water partition coefficient (Wildman–Crippen LogP) is 4.98. The van der Waals surface area contributed by atoms with Gasteiger partial charge in [0.25, 0.3) is 0 Å². The van der Waals surface area contributed by atoms with Crippen molar-refractivity contribution in [3.8, 4) is 11.3 Å². The Labute approximate surface area is 219 Å². The average Bonchev–Trinajstić information content (AvgIpc) is 3.07. The number of ether oxygens (including phenoxy) is 2. The number of carbonyl (C=O) groups is 2. The summed E-state index contributed by atoms with van der Waals surface area (Å²) >= 11 is 0. The number of carbonyl (C=O) groups excluding carboxylic acids is 2. The minimum absolute atomic E-state index is 0.0253. The number of esters is 2. The van der Waals surface area contributed by atoms with Gasteiger partial charge in [-0.1, -0.05) is 18.2 Å². The molecule has 38 heavy (non-hydrogen) atoms. The summed E-state index contributed by atoms with van der Waals surface area (Å²) in [5, 5.41) is 0.742. The van der Waals surface area contributed by atoms with Crippen LogP contribution < -0.4 is 10.3 Å². The molecule has 8 nitrogen and oxygen atoms in total. The third kappa shape index (κ3) is 5.25. The lowest BCUT2D eigenvalue weighted by molar-refractivity contribution is -0.142. The van der Waals surface area contributed by atoms with Gasteiger partial charge in [0.05, 0.1) is 30.8 Å². The van der Waals surface area contributed by atoms with Crippen molar-refractivity contribution < 1.29 is 27.8 Å². The van der Waals surface area contributed by atoms with E-state index in [1.54, 1.807) is 24.8 Å². The van der Waals surface area contributed by atoms with Crippen molar-refractivity contribution in [2.24, 2.45) is 0 Å². The molecule has 0 amide bonds. The van der Waals surface area contributed by atoms with Crippen LogP contribution in [0.4, 0.5) is 14.6 Å². The lowest BCUT2D eigenvalue weighted by Crippen LogP contribution is -2.30. The third-order valence-corrected chi connectivity index (χ3v) is 6.90. The number of fused-ring (bicyclic) bond motifs is 1. The smallest absolute Gasteiger partial charge is 0.344 e. The Balaban J connectivity index is 2.01. The van der Waals surface area contributed by atoms with Gasteiger partial charge in [-0.2, -0.15) is 0 Å². The first-order valence-electron chi connectivity index (χ1n) is 12.6. The summed E-state index contributed by atoms with van der Waals surface area (Å²) in [4.78, 5) is 49.0. The molecular weight excluding hydrogens is 496 g/mol. The first-order chi connectivity index (χ1) is 18.1. The number of aromatic amines is 1. The molecule has 0 spiro atoms. The molecule has 1 fully saturated rings. The highest BCUT2D eigenvalue weighted by Gasteiger charge is 2.34. The number of rotatable bonds is 6. The van der Waals surface area contributed by atoms with Gasteiger partial charge < -0.3 is 19.4 Å². The summed E-state index contributed by atoms with van der Waals surface area (Å²) < 4.78 is 38.5. The second-order valence-electron chi connectivity index (χ2n) is 9.46. The summed E-state index contributed by atoms with van der Waals surface area (Å²) in [6, 6.07) is 9.11. The van der Waals surface area contributed by atoms with Gasteiger partial charge in [0.2, 0.25) is 11.4 Å². The van der Waals surface area contributed by atoms with E-state index in [0.29, 0.717) is 29.1 Å². The second-order valence-corrected chi connectivity index (χ2v) is 9.46. The molecule has 10 heteroatoms. The fourth-order valence-corrected chi connectivity index (χ4v) is 4.96. The van der Waals surface area contributed by atoms with Gasteiger partial charge in [-0.05, 0) is 39.3 Å². The molecular formula is C28H31F2N3O5. The zero-order valence-electron chi connectivity index (χ0n) is 21.9. The van der Waals surface area contributed by atoms with Gasteiger partial charge in [0, 0.05) is 48.1 Å². The molecule has 4 rings (SSSR count). The molecule has 1 atom stereocenters. The summed E-state index contributed by atoms with van der Waals surface area (Å²) in [6.45, 7) is 5.20. The highest BCUT2D eigenvalue weighted by molar-refractivity contribution is 6.00.